The van der Waals surface area contributed by atoms with Gasteiger partial charge >= 0.3 is 0 Å². The van der Waals surface area contributed by atoms with Gasteiger partial charge in [-0.1, -0.05) is 17.7 Å². The van der Waals surface area contributed by atoms with Gasteiger partial charge in [0.25, 0.3) is 0 Å². The van der Waals surface area contributed by atoms with Gasteiger partial charge in [0.05, 0.1) is 35.3 Å². The molecule has 12 nitrogen and oxygen atoms in total. The number of benzene rings is 1. The highest BCUT2D eigenvalue weighted by atomic mass is 35.5. The Balaban J connectivity index is 1.56. The summed E-state index contributed by atoms with van der Waals surface area (Å²) >= 11 is 6.60. The molecule has 0 unspecified atom stereocenters. The van der Waals surface area contributed by atoms with Crippen molar-refractivity contribution in [2.24, 2.45) is 7.05 Å². The van der Waals surface area contributed by atoms with Crippen molar-refractivity contribution in [3.05, 3.63) is 52.6 Å². The number of aromatic nitrogens is 9. The van der Waals surface area contributed by atoms with Crippen molar-refractivity contribution >= 4 is 28.5 Å². The second kappa shape index (κ2) is 9.79. The van der Waals surface area contributed by atoms with Crippen molar-refractivity contribution in [1.82, 2.24) is 44.9 Å². The Bertz CT molecular complexity index is 1650. The molecule has 0 radical (unpaired) electrons. The molecule has 0 atom stereocenters. The third-order valence-electron chi connectivity index (χ3n) is 5.83. The van der Waals surface area contributed by atoms with E-state index in [4.69, 9.17) is 22.1 Å². The van der Waals surface area contributed by atoms with Crippen LogP contribution in [0, 0.1) is 18.3 Å². The quantitative estimate of drug-likeness (QED) is 0.341. The van der Waals surface area contributed by atoms with Gasteiger partial charge in [0.15, 0.2) is 5.65 Å². The number of ether oxygens (including phenoxy) is 1. The second-order valence-corrected chi connectivity index (χ2v) is 8.60. The number of nitrogens with zero attached hydrogens (tertiary/aromatic N) is 10. The van der Waals surface area contributed by atoms with Gasteiger partial charge in [0.2, 0.25) is 5.82 Å². The molecule has 5 rings (SSSR count). The average molecular weight is 516 g/mol. The molecule has 0 aliphatic rings. The maximum Gasteiger partial charge on any atom is 0.223 e. The van der Waals surface area contributed by atoms with Crippen LogP contribution in [-0.2, 0) is 20.0 Å². The topological polar surface area (TPSA) is 159 Å². The number of hydrogen-bond acceptors (Lipinski definition) is 10. The van der Waals surface area contributed by atoms with E-state index in [-0.39, 0.29) is 0 Å². The molecule has 0 spiro atoms. The van der Waals surface area contributed by atoms with Crippen molar-refractivity contribution in [3.8, 4) is 34.5 Å². The Hall–Kier alpha value is -4.63. The van der Waals surface area contributed by atoms with Crippen LogP contribution >= 0.6 is 11.6 Å². The van der Waals surface area contributed by atoms with Gasteiger partial charge in [0.1, 0.15) is 29.7 Å². The molecule has 37 heavy (non-hydrogen) atoms. The van der Waals surface area contributed by atoms with E-state index in [9.17, 15) is 5.26 Å². The molecule has 4 aromatic heterocycles. The molecule has 0 amide bonds. The Morgan fingerprint density at radius 1 is 1.19 bits per heavy atom. The smallest absolute Gasteiger partial charge is 0.223 e. The first-order valence-corrected chi connectivity index (χ1v) is 11.8. The fourth-order valence-electron chi connectivity index (χ4n) is 4.22. The SMILES string of the molecule is CCOc1c(CCn2nc(C)c3c(N)ncnc32)cc(Cl)c(C#N)c1-c1ccc(-c2nnn(C)n2)nc1. The lowest BCUT2D eigenvalue weighted by Gasteiger charge is -2.18. The molecule has 0 aliphatic carbocycles. The number of nitrogens with two attached hydrogens (primary N) is 1. The summed E-state index contributed by atoms with van der Waals surface area (Å²) in [6, 6.07) is 7.59. The first-order chi connectivity index (χ1) is 17.9. The van der Waals surface area contributed by atoms with Crippen LogP contribution in [0.25, 0.3) is 33.7 Å². The first-order valence-electron chi connectivity index (χ1n) is 11.4. The van der Waals surface area contributed by atoms with Crippen molar-refractivity contribution in [2.75, 3.05) is 12.3 Å². The van der Waals surface area contributed by atoms with E-state index < -0.39 is 0 Å². The molecule has 2 N–H and O–H groups in total. The Labute approximate surface area is 216 Å². The van der Waals surface area contributed by atoms with Crippen LogP contribution in [0.5, 0.6) is 5.75 Å². The fraction of sp³-hybridized carbons (Fsp3) is 0.250. The number of fused-ring (bicyclic) bond motifs is 1. The van der Waals surface area contributed by atoms with Crippen LogP contribution < -0.4 is 10.5 Å². The highest BCUT2D eigenvalue weighted by Gasteiger charge is 2.22. The summed E-state index contributed by atoms with van der Waals surface area (Å²) in [5, 5.41) is 27.6. The van der Waals surface area contributed by atoms with Gasteiger partial charge in [0, 0.05) is 23.9 Å². The van der Waals surface area contributed by atoms with E-state index in [1.807, 2.05) is 19.9 Å². The minimum atomic E-state index is 0.307. The number of aryl methyl sites for hydroxylation is 4. The monoisotopic (exact) mass is 515 g/mol. The number of pyridine rings is 1. The molecule has 4 heterocycles. The molecule has 1 aromatic carbocycles. The van der Waals surface area contributed by atoms with E-state index in [0.29, 0.717) is 70.0 Å². The van der Waals surface area contributed by atoms with Gasteiger partial charge in [-0.2, -0.15) is 15.2 Å². The number of hydrogen-bond donors (Lipinski definition) is 1. The summed E-state index contributed by atoms with van der Waals surface area (Å²) in [5.41, 5.74) is 10.4. The molecule has 0 saturated carbocycles. The van der Waals surface area contributed by atoms with Crippen molar-refractivity contribution in [3.63, 3.8) is 0 Å². The van der Waals surface area contributed by atoms with Crippen LogP contribution in [-0.4, -0.2) is 51.5 Å². The first kappa shape index (κ1) is 24.1. The number of rotatable bonds is 7. The largest absolute Gasteiger partial charge is 0.493 e. The van der Waals surface area contributed by atoms with E-state index in [1.54, 1.807) is 30.1 Å². The zero-order valence-electron chi connectivity index (χ0n) is 20.3. The summed E-state index contributed by atoms with van der Waals surface area (Å²) in [4.78, 5) is 14.3. The average Bonchev–Trinajstić information content (AvgIpc) is 3.47. The van der Waals surface area contributed by atoms with Crippen molar-refractivity contribution < 1.29 is 4.74 Å². The summed E-state index contributed by atoms with van der Waals surface area (Å²) < 4.78 is 7.87. The van der Waals surface area contributed by atoms with Gasteiger partial charge < -0.3 is 10.5 Å². The third-order valence-corrected chi connectivity index (χ3v) is 6.12. The maximum absolute atomic E-state index is 9.95. The lowest BCUT2D eigenvalue weighted by atomic mass is 9.95. The summed E-state index contributed by atoms with van der Waals surface area (Å²) in [7, 11) is 1.68. The standard InChI is InChI=1S/C24H22ClN11O/c1-4-37-21-14(7-8-36-24-19(13(2)32-36)22(27)29-12-30-24)9-17(25)16(10-26)20(21)15-5-6-18(28-11-15)23-31-34-35(3)33-23/h5-6,9,11-12H,4,7-8H2,1-3H3,(H2,27,29,30). The highest BCUT2D eigenvalue weighted by molar-refractivity contribution is 6.32. The minimum absolute atomic E-state index is 0.307. The molecule has 5 aromatic rings. The van der Waals surface area contributed by atoms with Gasteiger partial charge in [-0.05, 0) is 43.2 Å². The Morgan fingerprint density at radius 3 is 2.70 bits per heavy atom. The molecule has 186 valence electrons. The zero-order chi connectivity index (χ0) is 26.1. The van der Waals surface area contributed by atoms with E-state index in [2.05, 4.69) is 41.5 Å². The molecule has 0 bridgehead atoms. The molecule has 0 aliphatic heterocycles. The maximum atomic E-state index is 9.95. The Kier molecular flexibility index (Phi) is 6.37. The number of tetrazole rings is 1. The predicted molar refractivity (Wildman–Crippen MR) is 137 cm³/mol. The number of nitrogen functional groups attached to an aromatic ring is 1. The predicted octanol–water partition coefficient (Wildman–Crippen LogP) is 3.14. The van der Waals surface area contributed by atoms with E-state index >= 15 is 0 Å². The third kappa shape index (κ3) is 4.41. The summed E-state index contributed by atoms with van der Waals surface area (Å²) in [6.45, 7) is 4.64. The number of nitriles is 1. The molecule has 13 heteroatoms. The zero-order valence-corrected chi connectivity index (χ0v) is 21.1. The van der Waals surface area contributed by atoms with Gasteiger partial charge in [-0.25, -0.2) is 14.6 Å². The molecule has 0 saturated heterocycles. The molecular weight excluding hydrogens is 494 g/mol. The highest BCUT2D eigenvalue weighted by Crippen LogP contribution is 2.41. The Morgan fingerprint density at radius 2 is 2.03 bits per heavy atom. The molecule has 0 fully saturated rings. The normalized spacial score (nSPS) is 11.1. The fourth-order valence-corrected chi connectivity index (χ4v) is 4.49. The number of halogens is 1. The van der Waals surface area contributed by atoms with E-state index in [1.165, 1.54) is 11.1 Å². The van der Waals surface area contributed by atoms with Crippen molar-refractivity contribution in [2.45, 2.75) is 26.8 Å². The van der Waals surface area contributed by atoms with Crippen LogP contribution in [0.3, 0.4) is 0 Å². The summed E-state index contributed by atoms with van der Waals surface area (Å²) in [6.07, 6.45) is 3.59. The minimum Gasteiger partial charge on any atom is -0.493 e. The summed E-state index contributed by atoms with van der Waals surface area (Å²) in [5.74, 6) is 1.36. The van der Waals surface area contributed by atoms with Gasteiger partial charge in [-0.15, -0.1) is 10.2 Å². The lowest BCUT2D eigenvalue weighted by Crippen LogP contribution is -2.08. The van der Waals surface area contributed by atoms with Crippen molar-refractivity contribution in [1.29, 1.82) is 5.26 Å². The second-order valence-electron chi connectivity index (χ2n) is 8.19. The molecular formula is C24H22ClN11O. The van der Waals surface area contributed by atoms with Crippen LogP contribution in [0.4, 0.5) is 5.82 Å². The lowest BCUT2D eigenvalue weighted by molar-refractivity contribution is 0.337. The van der Waals surface area contributed by atoms with Crippen LogP contribution in [0.15, 0.2) is 30.7 Å². The van der Waals surface area contributed by atoms with Gasteiger partial charge in [-0.3, -0.25) is 4.98 Å². The van der Waals surface area contributed by atoms with Crippen LogP contribution in [0.2, 0.25) is 5.02 Å². The van der Waals surface area contributed by atoms with E-state index in [0.717, 1.165) is 16.6 Å². The van der Waals surface area contributed by atoms with Crippen LogP contribution in [0.1, 0.15) is 23.7 Å². The number of anilines is 1.